The average Bonchev–Trinajstić information content (AvgIpc) is 2.22. The van der Waals surface area contributed by atoms with Gasteiger partial charge in [-0.05, 0) is 32.4 Å². The van der Waals surface area contributed by atoms with Crippen molar-refractivity contribution in [2.24, 2.45) is 5.41 Å². The molecule has 1 nitrogen and oxygen atoms in total. The lowest BCUT2D eigenvalue weighted by atomic mass is 9.85. The quantitative estimate of drug-likeness (QED) is 0.274. The molecule has 90 valence electrons. The summed E-state index contributed by atoms with van der Waals surface area (Å²) in [6.45, 7) is 14.8. The fourth-order valence-corrected chi connectivity index (χ4v) is 1.06. The highest BCUT2D eigenvalue weighted by Crippen LogP contribution is 2.28. The monoisotopic (exact) mass is 220 g/mol. The number of rotatable bonds is 6. The third-order valence-corrected chi connectivity index (χ3v) is 2.40. The van der Waals surface area contributed by atoms with Gasteiger partial charge in [0.1, 0.15) is 6.61 Å². The van der Waals surface area contributed by atoms with Crippen molar-refractivity contribution < 1.29 is 4.74 Å². The van der Waals surface area contributed by atoms with E-state index in [2.05, 4.69) is 46.4 Å². The third-order valence-electron chi connectivity index (χ3n) is 2.40. The minimum atomic E-state index is -0.0581. The van der Waals surface area contributed by atoms with Crippen LogP contribution in [0.4, 0.5) is 0 Å². The van der Waals surface area contributed by atoms with Crippen LogP contribution in [0.25, 0.3) is 0 Å². The number of allylic oxidation sites excluding steroid dienone is 5. The smallest absolute Gasteiger partial charge is 0.106 e. The van der Waals surface area contributed by atoms with Gasteiger partial charge in [0, 0.05) is 5.41 Å². The van der Waals surface area contributed by atoms with Crippen molar-refractivity contribution in [1.29, 1.82) is 0 Å². The molecule has 0 saturated heterocycles. The van der Waals surface area contributed by atoms with Gasteiger partial charge in [-0.1, -0.05) is 37.6 Å². The molecule has 0 atom stereocenters. The molecule has 0 spiro atoms. The lowest BCUT2D eigenvalue weighted by molar-refractivity contribution is 0.281. The Bertz CT molecular complexity index is 299. The summed E-state index contributed by atoms with van der Waals surface area (Å²) in [5.41, 5.74) is 2.34. The van der Waals surface area contributed by atoms with Crippen molar-refractivity contribution in [1.82, 2.24) is 0 Å². The van der Waals surface area contributed by atoms with Gasteiger partial charge in [-0.15, -0.1) is 6.58 Å². The molecule has 0 saturated carbocycles. The van der Waals surface area contributed by atoms with Crippen molar-refractivity contribution in [3.63, 3.8) is 0 Å². The molecule has 0 heterocycles. The highest BCUT2D eigenvalue weighted by atomic mass is 16.5. The topological polar surface area (TPSA) is 9.23 Å². The molecule has 0 aliphatic rings. The van der Waals surface area contributed by atoms with Crippen LogP contribution < -0.4 is 0 Å². The van der Waals surface area contributed by atoms with Crippen LogP contribution in [0.1, 0.15) is 34.6 Å². The molecule has 0 fully saturated rings. The molecule has 0 aliphatic heterocycles. The molecule has 0 unspecified atom stereocenters. The van der Waals surface area contributed by atoms with Gasteiger partial charge in [-0.25, -0.2) is 0 Å². The van der Waals surface area contributed by atoms with Crippen LogP contribution in [0.15, 0.2) is 48.3 Å². The second-order valence-corrected chi connectivity index (χ2v) is 4.61. The van der Waals surface area contributed by atoms with Crippen LogP contribution in [0, 0.1) is 5.41 Å². The van der Waals surface area contributed by atoms with E-state index >= 15 is 0 Å². The normalized spacial score (nSPS) is 12.7. The molecule has 0 aliphatic carbocycles. The van der Waals surface area contributed by atoms with Crippen molar-refractivity contribution in [3.8, 4) is 0 Å². The summed E-state index contributed by atoms with van der Waals surface area (Å²) < 4.78 is 5.51. The van der Waals surface area contributed by atoms with E-state index in [0.29, 0.717) is 6.61 Å². The first-order chi connectivity index (χ1) is 7.44. The predicted molar refractivity (Wildman–Crippen MR) is 72.3 cm³/mol. The Morgan fingerprint density at radius 2 is 1.94 bits per heavy atom. The second-order valence-electron chi connectivity index (χ2n) is 4.61. The first kappa shape index (κ1) is 14.8. The molecule has 1 heteroatoms. The Balaban J connectivity index is 4.61. The lowest BCUT2D eigenvalue weighted by Gasteiger charge is -2.21. The third kappa shape index (κ3) is 5.59. The number of hydrogen-bond donors (Lipinski definition) is 0. The zero-order valence-corrected chi connectivity index (χ0v) is 11.2. The van der Waals surface area contributed by atoms with E-state index in [-0.39, 0.29) is 5.41 Å². The molecule has 0 radical (unpaired) electrons. The highest BCUT2D eigenvalue weighted by Gasteiger charge is 2.17. The Hall–Kier alpha value is -1.24. The molecular formula is C15H24O. The van der Waals surface area contributed by atoms with Crippen molar-refractivity contribution in [3.05, 3.63) is 48.3 Å². The largest absolute Gasteiger partial charge is 0.497 e. The van der Waals surface area contributed by atoms with Gasteiger partial charge in [0.15, 0.2) is 0 Å². The van der Waals surface area contributed by atoms with Gasteiger partial charge in [0.2, 0.25) is 0 Å². The van der Waals surface area contributed by atoms with Gasteiger partial charge in [-0.2, -0.15) is 0 Å². The van der Waals surface area contributed by atoms with E-state index in [1.54, 1.807) is 0 Å². The maximum Gasteiger partial charge on any atom is 0.106 e. The van der Waals surface area contributed by atoms with Gasteiger partial charge in [-0.3, -0.25) is 0 Å². The van der Waals surface area contributed by atoms with Crippen LogP contribution in [0.5, 0.6) is 0 Å². The molecule has 0 aromatic heterocycles. The lowest BCUT2D eigenvalue weighted by Crippen LogP contribution is -2.09. The molecular weight excluding hydrogens is 196 g/mol. The fourth-order valence-electron chi connectivity index (χ4n) is 1.06. The number of ether oxygens (including phenoxy) is 1. The van der Waals surface area contributed by atoms with Crippen LogP contribution in [0.3, 0.4) is 0 Å². The van der Waals surface area contributed by atoms with Crippen molar-refractivity contribution in [2.75, 3.05) is 6.61 Å². The summed E-state index contributed by atoms with van der Waals surface area (Å²) >= 11 is 0. The molecule has 0 rings (SSSR count). The summed E-state index contributed by atoms with van der Waals surface area (Å²) in [7, 11) is 0. The summed E-state index contributed by atoms with van der Waals surface area (Å²) in [5, 5.41) is 0. The van der Waals surface area contributed by atoms with E-state index in [1.165, 1.54) is 5.57 Å². The van der Waals surface area contributed by atoms with E-state index in [1.807, 2.05) is 25.3 Å². The number of hydrogen-bond acceptors (Lipinski definition) is 1. The van der Waals surface area contributed by atoms with Gasteiger partial charge < -0.3 is 4.74 Å². The summed E-state index contributed by atoms with van der Waals surface area (Å²) in [4.78, 5) is 0. The van der Waals surface area contributed by atoms with Crippen LogP contribution in [-0.4, -0.2) is 6.61 Å². The Morgan fingerprint density at radius 3 is 2.38 bits per heavy atom. The summed E-state index contributed by atoms with van der Waals surface area (Å²) in [6, 6.07) is 0. The zero-order chi connectivity index (χ0) is 12.6. The molecule has 0 bridgehead atoms. The molecule has 16 heavy (non-hydrogen) atoms. The Morgan fingerprint density at radius 1 is 1.31 bits per heavy atom. The van der Waals surface area contributed by atoms with Gasteiger partial charge in [0.25, 0.3) is 0 Å². The van der Waals surface area contributed by atoms with Crippen molar-refractivity contribution in [2.45, 2.75) is 34.6 Å². The summed E-state index contributed by atoms with van der Waals surface area (Å²) in [5.74, 6) is 0. The van der Waals surface area contributed by atoms with E-state index in [0.717, 1.165) is 5.57 Å². The predicted octanol–water partition coefficient (Wildman–Crippen LogP) is 4.64. The first-order valence-corrected chi connectivity index (χ1v) is 5.66. The van der Waals surface area contributed by atoms with Gasteiger partial charge >= 0.3 is 0 Å². The highest BCUT2D eigenvalue weighted by molar-refractivity contribution is 5.27. The zero-order valence-electron chi connectivity index (χ0n) is 11.2. The SMILES string of the molecule is C=CC(C)(C)C(/C=C/C)=C/OCC=C(C)C. The van der Waals surface area contributed by atoms with Crippen LogP contribution >= 0.6 is 0 Å². The maximum absolute atomic E-state index is 5.51. The van der Waals surface area contributed by atoms with E-state index in [4.69, 9.17) is 4.74 Å². The molecule has 0 amide bonds. The Kier molecular flexibility index (Phi) is 6.55. The minimum absolute atomic E-state index is 0.0581. The van der Waals surface area contributed by atoms with E-state index < -0.39 is 0 Å². The average molecular weight is 220 g/mol. The first-order valence-electron chi connectivity index (χ1n) is 5.66. The van der Waals surface area contributed by atoms with Crippen molar-refractivity contribution >= 4 is 0 Å². The summed E-state index contributed by atoms with van der Waals surface area (Å²) in [6.07, 6.45) is 9.89. The van der Waals surface area contributed by atoms with Crippen LogP contribution in [-0.2, 0) is 4.74 Å². The van der Waals surface area contributed by atoms with Gasteiger partial charge in [0.05, 0.1) is 6.26 Å². The van der Waals surface area contributed by atoms with Crippen LogP contribution in [0.2, 0.25) is 0 Å². The minimum Gasteiger partial charge on any atom is -0.497 e. The molecule has 0 N–H and O–H groups in total. The second kappa shape index (κ2) is 7.10. The maximum atomic E-state index is 5.51. The molecule has 0 aromatic carbocycles. The Labute approximate surface area is 100 Å². The fraction of sp³-hybridized carbons (Fsp3) is 0.467. The van der Waals surface area contributed by atoms with E-state index in [9.17, 15) is 0 Å². The standard InChI is InChI=1S/C15H24O/c1-7-9-14(15(5,6)8-2)12-16-11-10-13(3)4/h7-10,12H,2,11H2,1,3-6H3/b9-7+,14-12+. The molecule has 0 aromatic rings.